The number of amides is 1. The van der Waals surface area contributed by atoms with Crippen molar-refractivity contribution in [2.75, 3.05) is 0 Å². The highest BCUT2D eigenvalue weighted by Crippen LogP contribution is 2.68. The van der Waals surface area contributed by atoms with Gasteiger partial charge in [-0.05, 0) is 104 Å². The summed E-state index contributed by atoms with van der Waals surface area (Å²) in [7, 11) is 0. The SMILES string of the molecule is CC(C)C(NC(=O)CC[C@@H](C)[C@H]1CC[C@H]2[C@@H]3[C@@H](O)[C@@H](O)[C@@H]4C[C@H](O)CC[C@]4(C)[C@H]3CC[C@]12C)C(=O)O. The van der Waals surface area contributed by atoms with E-state index in [0.717, 1.165) is 44.9 Å². The van der Waals surface area contributed by atoms with Crippen LogP contribution in [0.15, 0.2) is 0 Å². The molecule has 4 rings (SSSR count). The molecular weight excluding hydrogens is 458 g/mol. The van der Waals surface area contributed by atoms with Crippen molar-refractivity contribution in [1.82, 2.24) is 5.32 Å². The maximum Gasteiger partial charge on any atom is 0.326 e. The maximum atomic E-state index is 12.6. The molecule has 7 heteroatoms. The molecule has 206 valence electrons. The van der Waals surface area contributed by atoms with Gasteiger partial charge >= 0.3 is 5.97 Å². The van der Waals surface area contributed by atoms with Crippen LogP contribution in [-0.2, 0) is 9.59 Å². The van der Waals surface area contributed by atoms with Crippen molar-refractivity contribution in [1.29, 1.82) is 0 Å². The lowest BCUT2D eigenvalue weighted by Crippen LogP contribution is -2.64. The summed E-state index contributed by atoms with van der Waals surface area (Å²) in [5.74, 6) is 0.166. The first kappa shape index (κ1) is 27.8. The molecule has 12 atom stereocenters. The second-order valence-electron chi connectivity index (χ2n) is 13.7. The quantitative estimate of drug-likeness (QED) is 0.358. The van der Waals surface area contributed by atoms with E-state index in [1.54, 1.807) is 13.8 Å². The van der Waals surface area contributed by atoms with Crippen LogP contribution in [0.25, 0.3) is 0 Å². The Hall–Kier alpha value is -1.18. The Bertz CT molecular complexity index is 833. The number of nitrogens with one attached hydrogen (secondary N) is 1. The van der Waals surface area contributed by atoms with Crippen LogP contribution in [-0.4, -0.2) is 56.7 Å². The smallest absolute Gasteiger partial charge is 0.326 e. The Kier molecular flexibility index (Phi) is 7.87. The number of aliphatic hydroxyl groups is 3. The van der Waals surface area contributed by atoms with E-state index in [0.29, 0.717) is 36.5 Å². The van der Waals surface area contributed by atoms with Crippen LogP contribution in [0.1, 0.15) is 92.4 Å². The maximum absolute atomic E-state index is 12.6. The molecule has 0 aromatic heterocycles. The number of aliphatic hydroxyl groups excluding tert-OH is 3. The summed E-state index contributed by atoms with van der Waals surface area (Å²) in [5, 5.41) is 45.0. The molecule has 0 spiro atoms. The lowest BCUT2D eigenvalue weighted by molar-refractivity contribution is -0.223. The molecular formula is C29H49NO6. The van der Waals surface area contributed by atoms with Gasteiger partial charge in [-0.1, -0.05) is 34.6 Å². The molecule has 7 nitrogen and oxygen atoms in total. The van der Waals surface area contributed by atoms with Gasteiger partial charge in [-0.15, -0.1) is 0 Å². The minimum Gasteiger partial charge on any atom is -0.480 e. The third-order valence-corrected chi connectivity index (χ3v) is 11.6. The molecule has 0 aromatic rings. The second-order valence-corrected chi connectivity index (χ2v) is 13.7. The van der Waals surface area contributed by atoms with Gasteiger partial charge in [0.15, 0.2) is 0 Å². The Morgan fingerprint density at radius 3 is 2.17 bits per heavy atom. The fourth-order valence-electron chi connectivity index (χ4n) is 9.53. The zero-order valence-corrected chi connectivity index (χ0v) is 22.8. The summed E-state index contributed by atoms with van der Waals surface area (Å²) in [6.07, 6.45) is 5.67. The lowest BCUT2D eigenvalue weighted by Gasteiger charge is -2.63. The third kappa shape index (κ3) is 4.62. The van der Waals surface area contributed by atoms with Gasteiger partial charge in [-0.25, -0.2) is 4.79 Å². The Morgan fingerprint density at radius 1 is 0.889 bits per heavy atom. The summed E-state index contributed by atoms with van der Waals surface area (Å²) in [5.41, 5.74) is 0.0272. The van der Waals surface area contributed by atoms with Gasteiger partial charge in [0.1, 0.15) is 6.04 Å². The van der Waals surface area contributed by atoms with Gasteiger partial charge in [0.2, 0.25) is 5.91 Å². The predicted octanol–water partition coefficient (Wildman–Crippen LogP) is 3.59. The molecule has 0 aromatic carbocycles. The van der Waals surface area contributed by atoms with Crippen LogP contribution in [0.5, 0.6) is 0 Å². The molecule has 5 N–H and O–H groups in total. The van der Waals surface area contributed by atoms with Crippen LogP contribution in [0.2, 0.25) is 0 Å². The summed E-state index contributed by atoms with van der Waals surface area (Å²) >= 11 is 0. The van der Waals surface area contributed by atoms with Gasteiger partial charge in [0, 0.05) is 6.42 Å². The fraction of sp³-hybridized carbons (Fsp3) is 0.931. The molecule has 0 bridgehead atoms. The van der Waals surface area contributed by atoms with Gasteiger partial charge in [0.25, 0.3) is 0 Å². The predicted molar refractivity (Wildman–Crippen MR) is 137 cm³/mol. The van der Waals surface area contributed by atoms with Crippen LogP contribution in [0, 0.1) is 52.3 Å². The van der Waals surface area contributed by atoms with Gasteiger partial charge in [-0.3, -0.25) is 4.79 Å². The molecule has 4 aliphatic rings. The fourth-order valence-corrected chi connectivity index (χ4v) is 9.53. The number of carbonyl (C=O) groups is 2. The lowest BCUT2D eigenvalue weighted by atomic mass is 9.43. The van der Waals surface area contributed by atoms with E-state index in [1.807, 2.05) is 0 Å². The first-order chi connectivity index (χ1) is 16.8. The number of hydrogen-bond donors (Lipinski definition) is 5. The van der Waals surface area contributed by atoms with Gasteiger partial charge in [0.05, 0.1) is 18.3 Å². The van der Waals surface area contributed by atoms with Crippen LogP contribution in [0.3, 0.4) is 0 Å². The van der Waals surface area contributed by atoms with E-state index in [9.17, 15) is 30.0 Å². The first-order valence-electron chi connectivity index (χ1n) is 14.4. The monoisotopic (exact) mass is 507 g/mol. The van der Waals surface area contributed by atoms with E-state index in [4.69, 9.17) is 0 Å². The number of carboxylic acids is 1. The largest absolute Gasteiger partial charge is 0.480 e. The zero-order valence-electron chi connectivity index (χ0n) is 22.8. The summed E-state index contributed by atoms with van der Waals surface area (Å²) in [4.78, 5) is 24.0. The molecule has 0 radical (unpaired) electrons. The molecule has 1 unspecified atom stereocenters. The van der Waals surface area contributed by atoms with E-state index in [2.05, 4.69) is 26.1 Å². The Morgan fingerprint density at radius 2 is 1.53 bits per heavy atom. The molecule has 4 aliphatic carbocycles. The van der Waals surface area contributed by atoms with Crippen molar-refractivity contribution in [2.45, 2.75) is 117 Å². The van der Waals surface area contributed by atoms with Crippen molar-refractivity contribution in [2.24, 2.45) is 52.3 Å². The second kappa shape index (κ2) is 10.2. The van der Waals surface area contributed by atoms with Gasteiger partial charge in [-0.2, -0.15) is 0 Å². The van der Waals surface area contributed by atoms with Gasteiger partial charge < -0.3 is 25.7 Å². The highest BCUT2D eigenvalue weighted by atomic mass is 16.4. The number of aliphatic carboxylic acids is 1. The molecule has 0 heterocycles. The molecule has 4 fully saturated rings. The number of rotatable bonds is 7. The number of carbonyl (C=O) groups excluding carboxylic acids is 1. The van der Waals surface area contributed by atoms with Crippen LogP contribution >= 0.6 is 0 Å². The normalized spacial score (nSPS) is 45.8. The average Bonchev–Trinajstić information content (AvgIpc) is 3.17. The number of hydrogen-bond acceptors (Lipinski definition) is 5. The van der Waals surface area contributed by atoms with Crippen molar-refractivity contribution in [3.8, 4) is 0 Å². The zero-order chi connectivity index (χ0) is 26.6. The van der Waals surface area contributed by atoms with Crippen LogP contribution < -0.4 is 5.32 Å². The van der Waals surface area contributed by atoms with Crippen molar-refractivity contribution in [3.63, 3.8) is 0 Å². The highest BCUT2D eigenvalue weighted by molar-refractivity contribution is 5.83. The van der Waals surface area contributed by atoms with E-state index < -0.39 is 24.2 Å². The minimum atomic E-state index is -0.994. The van der Waals surface area contributed by atoms with E-state index >= 15 is 0 Å². The van der Waals surface area contributed by atoms with Crippen molar-refractivity contribution < 1.29 is 30.0 Å². The first-order valence-corrected chi connectivity index (χ1v) is 14.4. The minimum absolute atomic E-state index is 0.0389. The Balaban J connectivity index is 1.44. The third-order valence-electron chi connectivity index (χ3n) is 11.6. The molecule has 0 aliphatic heterocycles. The van der Waals surface area contributed by atoms with Crippen LogP contribution in [0.4, 0.5) is 0 Å². The van der Waals surface area contributed by atoms with E-state index in [1.165, 1.54) is 0 Å². The summed E-state index contributed by atoms with van der Waals surface area (Å²) < 4.78 is 0. The standard InChI is InChI=1S/C29H49NO6/c1-15(2)24(27(35)36)30-22(32)9-6-16(3)18-7-8-19-23-20(11-13-28(18,19)4)29(5)12-10-17(31)14-21(29)25(33)26(23)34/h15-21,23-26,31,33-34H,6-14H2,1-5H3,(H,30,32)(H,35,36)/t16-,17-,18-,19+,20+,21+,23+,24?,25+,26-,28-,29-/m1/s1. The molecule has 4 saturated carbocycles. The molecule has 36 heavy (non-hydrogen) atoms. The summed E-state index contributed by atoms with van der Waals surface area (Å²) in [6, 6.07) is -0.859. The molecule has 1 amide bonds. The van der Waals surface area contributed by atoms with E-state index in [-0.39, 0.29) is 40.6 Å². The topological polar surface area (TPSA) is 127 Å². The Labute approximate surface area is 216 Å². The number of fused-ring (bicyclic) bond motifs is 5. The van der Waals surface area contributed by atoms with Crippen molar-refractivity contribution >= 4 is 11.9 Å². The summed E-state index contributed by atoms with van der Waals surface area (Å²) in [6.45, 7) is 10.5. The number of carboxylic acid groups (broad SMARTS) is 1. The highest BCUT2D eigenvalue weighted by Gasteiger charge is 2.65. The average molecular weight is 508 g/mol. The molecule has 0 saturated heterocycles. The van der Waals surface area contributed by atoms with Crippen molar-refractivity contribution in [3.05, 3.63) is 0 Å².